The first kappa shape index (κ1) is 41.2. The van der Waals surface area contributed by atoms with Gasteiger partial charge in [0.1, 0.15) is 12.4 Å². The molecule has 0 aliphatic carbocycles. The predicted octanol–water partition coefficient (Wildman–Crippen LogP) is 14.3. The highest BCUT2D eigenvalue weighted by molar-refractivity contribution is 4.84. The molecule has 2 nitrogen and oxygen atoms in total. The van der Waals surface area contributed by atoms with Crippen molar-refractivity contribution in [3.05, 3.63) is 18.2 Å². The summed E-state index contributed by atoms with van der Waals surface area (Å²) in [7, 11) is 0. The largest absolute Gasteiger partial charge is 0.256 e. The van der Waals surface area contributed by atoms with E-state index in [1.807, 2.05) is 0 Å². The van der Waals surface area contributed by atoms with E-state index in [1.54, 1.807) is 5.82 Å². The van der Waals surface area contributed by atoms with Crippen LogP contribution in [0.3, 0.4) is 0 Å². The van der Waals surface area contributed by atoms with Gasteiger partial charge in [-0.05, 0) is 32.1 Å². The van der Waals surface area contributed by atoms with E-state index in [4.69, 9.17) is 0 Å². The van der Waals surface area contributed by atoms with Crippen LogP contribution in [0.25, 0.3) is 0 Å². The quantitative estimate of drug-likeness (QED) is 0.0524. The van der Waals surface area contributed by atoms with Crippen molar-refractivity contribution in [3.8, 4) is 0 Å². The maximum atomic E-state index is 2.64. The van der Waals surface area contributed by atoms with E-state index in [0.717, 1.165) is 0 Å². The van der Waals surface area contributed by atoms with Crippen molar-refractivity contribution in [2.24, 2.45) is 0 Å². The molecule has 44 heavy (non-hydrogen) atoms. The third-order valence-corrected chi connectivity index (χ3v) is 10.1. The normalized spacial score (nSPS) is 11.6. The average molecular weight is 616 g/mol. The minimum Gasteiger partial charge on any atom is -0.234 e. The number of rotatable bonds is 36. The Balaban J connectivity index is 2.27. The van der Waals surface area contributed by atoms with Gasteiger partial charge in [0, 0.05) is 6.42 Å². The van der Waals surface area contributed by atoms with Crippen molar-refractivity contribution in [1.29, 1.82) is 0 Å². The van der Waals surface area contributed by atoms with Gasteiger partial charge in [-0.25, -0.2) is 9.13 Å². The Bertz CT molecular complexity index is 677. The van der Waals surface area contributed by atoms with Crippen molar-refractivity contribution >= 4 is 0 Å². The zero-order chi connectivity index (χ0) is 31.6. The summed E-state index contributed by atoms with van der Waals surface area (Å²) in [5.41, 5.74) is 0. The number of aromatic nitrogens is 2. The predicted molar refractivity (Wildman–Crippen MR) is 198 cm³/mol. The molecule has 1 rings (SSSR count). The maximum Gasteiger partial charge on any atom is 0.256 e. The molecule has 0 atom stereocenters. The monoisotopic (exact) mass is 616 g/mol. The van der Waals surface area contributed by atoms with Crippen molar-refractivity contribution in [3.63, 3.8) is 0 Å². The molecule has 0 aliphatic heterocycles. The zero-order valence-electron chi connectivity index (χ0n) is 31.0. The summed E-state index contributed by atoms with van der Waals surface area (Å²) >= 11 is 0. The zero-order valence-corrected chi connectivity index (χ0v) is 31.0. The van der Waals surface area contributed by atoms with Crippen LogP contribution in [0.4, 0.5) is 0 Å². The van der Waals surface area contributed by atoms with E-state index >= 15 is 0 Å². The third kappa shape index (κ3) is 25.4. The average Bonchev–Trinajstić information content (AvgIpc) is 3.42. The number of hydrogen-bond donors (Lipinski definition) is 0. The lowest BCUT2D eigenvalue weighted by molar-refractivity contribution is -0.704. The second-order valence-electron chi connectivity index (χ2n) is 14.5. The highest BCUT2D eigenvalue weighted by Gasteiger charge is 2.16. The summed E-state index contributed by atoms with van der Waals surface area (Å²) < 4.78 is 5.28. The Morgan fingerprint density at radius 2 is 0.705 bits per heavy atom. The second kappa shape index (κ2) is 33.6. The van der Waals surface area contributed by atoms with Crippen LogP contribution in [0.5, 0.6) is 0 Å². The van der Waals surface area contributed by atoms with Crippen LogP contribution in [-0.4, -0.2) is 4.57 Å². The standard InChI is InChI=1S/C42H83N2/c1-4-7-10-13-16-19-21-22-23-24-27-30-33-36-39-44-41-40-43(38-35-32-29-26-20-17-14-11-8-5-2)42(44)37-34-31-28-25-18-15-12-9-6-3/h40-41H,4-39H2,1-3H3/q+1. The van der Waals surface area contributed by atoms with E-state index in [9.17, 15) is 0 Å². The molecule has 1 aromatic heterocycles. The smallest absolute Gasteiger partial charge is 0.234 e. The molecule has 0 saturated heterocycles. The Morgan fingerprint density at radius 3 is 1.09 bits per heavy atom. The fourth-order valence-electron chi connectivity index (χ4n) is 7.03. The fourth-order valence-corrected chi connectivity index (χ4v) is 7.03. The van der Waals surface area contributed by atoms with E-state index in [2.05, 4.69) is 42.3 Å². The van der Waals surface area contributed by atoms with Crippen molar-refractivity contribution in [2.45, 2.75) is 252 Å². The SMILES string of the molecule is CCCCCCCCCCCCCCCC[n+]1ccn(CCCCCCCCCCCC)c1CCCCCCCCCCC. The lowest BCUT2D eigenvalue weighted by Gasteiger charge is -2.07. The number of unbranched alkanes of at least 4 members (excludes halogenated alkanes) is 30. The first-order valence-electron chi connectivity index (χ1n) is 20.9. The molecule has 0 saturated carbocycles. The Labute approximate surface area is 279 Å². The van der Waals surface area contributed by atoms with Crippen LogP contribution >= 0.6 is 0 Å². The molecule has 0 fully saturated rings. The summed E-state index contributed by atoms with van der Waals surface area (Å²) in [5, 5.41) is 0. The van der Waals surface area contributed by atoms with Gasteiger partial charge in [0.25, 0.3) is 5.82 Å². The number of hydrogen-bond acceptors (Lipinski definition) is 0. The van der Waals surface area contributed by atoms with Crippen LogP contribution in [-0.2, 0) is 19.5 Å². The van der Waals surface area contributed by atoms with Crippen LogP contribution in [0.2, 0.25) is 0 Å². The fraction of sp³-hybridized carbons (Fsp3) is 0.929. The molecular formula is C42H83N2+. The van der Waals surface area contributed by atoms with Gasteiger partial charge in [-0.15, -0.1) is 0 Å². The Hall–Kier alpha value is -0.790. The molecule has 2 heteroatoms. The van der Waals surface area contributed by atoms with Crippen molar-refractivity contribution < 1.29 is 4.57 Å². The second-order valence-corrected chi connectivity index (χ2v) is 14.5. The topological polar surface area (TPSA) is 8.81 Å². The molecule has 0 unspecified atom stereocenters. The molecule has 0 N–H and O–H groups in total. The van der Waals surface area contributed by atoms with Crippen molar-refractivity contribution in [1.82, 2.24) is 4.57 Å². The minimum absolute atomic E-state index is 1.23. The molecule has 0 aliphatic rings. The van der Waals surface area contributed by atoms with Gasteiger partial charge in [-0.3, -0.25) is 0 Å². The first-order chi connectivity index (χ1) is 21.8. The summed E-state index contributed by atoms with van der Waals surface area (Å²) in [4.78, 5) is 0. The van der Waals surface area contributed by atoms with Gasteiger partial charge in [-0.1, -0.05) is 201 Å². The van der Waals surface area contributed by atoms with Gasteiger partial charge in [0.2, 0.25) is 0 Å². The molecule has 0 radical (unpaired) electrons. The van der Waals surface area contributed by atoms with Crippen LogP contribution in [0, 0.1) is 0 Å². The minimum atomic E-state index is 1.23. The third-order valence-electron chi connectivity index (χ3n) is 10.1. The maximum absolute atomic E-state index is 2.64. The van der Waals surface area contributed by atoms with E-state index in [1.165, 1.54) is 231 Å². The molecule has 1 aromatic rings. The Morgan fingerprint density at radius 1 is 0.386 bits per heavy atom. The van der Waals surface area contributed by atoms with Crippen LogP contribution < -0.4 is 4.57 Å². The van der Waals surface area contributed by atoms with Gasteiger partial charge in [0.15, 0.2) is 0 Å². The van der Waals surface area contributed by atoms with E-state index < -0.39 is 0 Å². The number of nitrogens with zero attached hydrogens (tertiary/aromatic N) is 2. The van der Waals surface area contributed by atoms with Crippen molar-refractivity contribution in [2.75, 3.05) is 0 Å². The number of aryl methyl sites for hydroxylation is 2. The molecule has 0 aromatic carbocycles. The summed E-state index contributed by atoms with van der Waals surface area (Å²) in [6.07, 6.45) is 53.4. The lowest BCUT2D eigenvalue weighted by Crippen LogP contribution is -2.37. The molecule has 1 heterocycles. The van der Waals surface area contributed by atoms with Gasteiger partial charge >= 0.3 is 0 Å². The summed E-state index contributed by atoms with van der Waals surface area (Å²) in [6, 6.07) is 0. The molecular weight excluding hydrogens is 532 g/mol. The molecule has 0 bridgehead atoms. The van der Waals surface area contributed by atoms with Gasteiger partial charge in [0.05, 0.1) is 13.1 Å². The molecule has 260 valence electrons. The van der Waals surface area contributed by atoms with Gasteiger partial charge < -0.3 is 0 Å². The highest BCUT2D eigenvalue weighted by Crippen LogP contribution is 2.15. The van der Waals surface area contributed by atoms with E-state index in [-0.39, 0.29) is 0 Å². The van der Waals surface area contributed by atoms with Crippen LogP contribution in [0.1, 0.15) is 238 Å². The highest BCUT2D eigenvalue weighted by atomic mass is 15.1. The van der Waals surface area contributed by atoms with Gasteiger partial charge in [-0.2, -0.15) is 0 Å². The van der Waals surface area contributed by atoms with Crippen LogP contribution in [0.15, 0.2) is 12.4 Å². The Kier molecular flexibility index (Phi) is 31.5. The first-order valence-corrected chi connectivity index (χ1v) is 20.9. The molecule has 0 amide bonds. The number of imidazole rings is 1. The lowest BCUT2D eigenvalue weighted by atomic mass is 10.0. The molecule has 0 spiro atoms. The van der Waals surface area contributed by atoms with E-state index in [0.29, 0.717) is 0 Å². The summed E-state index contributed by atoms with van der Waals surface area (Å²) in [6.45, 7) is 9.41. The summed E-state index contributed by atoms with van der Waals surface area (Å²) in [5.74, 6) is 1.62.